The summed E-state index contributed by atoms with van der Waals surface area (Å²) < 4.78 is 0. The lowest BCUT2D eigenvalue weighted by Gasteiger charge is -1.84. The maximum absolute atomic E-state index is 10.8. The third-order valence-electron chi connectivity index (χ3n) is 1.11. The Morgan fingerprint density at radius 2 is 2.09 bits per heavy atom. The minimum Gasteiger partial charge on any atom is -0.290 e. The van der Waals surface area contributed by atoms with E-state index in [4.69, 9.17) is 10.5 Å². The van der Waals surface area contributed by atoms with Crippen LogP contribution in [0.2, 0.25) is 0 Å². The number of hydrogen-bond acceptors (Lipinski definition) is 5. The van der Waals surface area contributed by atoms with Gasteiger partial charge in [0.05, 0.1) is 0 Å². The van der Waals surface area contributed by atoms with Gasteiger partial charge in [-0.15, -0.1) is 5.11 Å². The van der Waals surface area contributed by atoms with Gasteiger partial charge in [-0.25, -0.2) is 0 Å². The minimum atomic E-state index is -0.372. The molecule has 52 valence electrons. The van der Waals surface area contributed by atoms with Crippen molar-refractivity contribution >= 4 is 5.78 Å². The van der Waals surface area contributed by atoms with Gasteiger partial charge in [0.15, 0.2) is 11.3 Å². The number of Topliss-reactive ketones (excluding diaryl/α,β-unsaturated/α-hetero) is 1. The minimum absolute atomic E-state index is 0.0534. The summed E-state index contributed by atoms with van der Waals surface area (Å²) in [6.07, 6.45) is 0. The Morgan fingerprint density at radius 3 is 2.45 bits per heavy atom. The second-order valence-corrected chi connectivity index (χ2v) is 1.77. The number of carbonyl (C=O) groups is 1. The molecule has 1 rings (SSSR count). The number of nitrogens with zero attached hydrogens (tertiary/aromatic N) is 4. The molecule has 0 spiro atoms. The number of azo groups is 1. The lowest BCUT2D eigenvalue weighted by atomic mass is 10.2. The molecule has 11 heavy (non-hydrogen) atoms. The molecule has 1 heterocycles. The van der Waals surface area contributed by atoms with Crippen LogP contribution in [0.1, 0.15) is 0 Å². The maximum Gasteiger partial charge on any atom is 0.208 e. The monoisotopic (exact) mass is 146 g/mol. The summed E-state index contributed by atoms with van der Waals surface area (Å²) in [5.74, 6) is -0.372. The Labute approximate surface area is 62.3 Å². The van der Waals surface area contributed by atoms with E-state index >= 15 is 0 Å². The molecule has 0 aromatic heterocycles. The number of hydrogen-bond donors (Lipinski definition) is 0. The zero-order valence-electron chi connectivity index (χ0n) is 5.40. The Kier molecular flexibility index (Phi) is 1.75. The molecule has 0 fully saturated rings. The van der Waals surface area contributed by atoms with Gasteiger partial charge in [-0.05, 0) is 0 Å². The summed E-state index contributed by atoms with van der Waals surface area (Å²) in [4.78, 5) is 10.8. The highest BCUT2D eigenvalue weighted by molar-refractivity contribution is 5.99. The van der Waals surface area contributed by atoms with Crippen LogP contribution in [-0.2, 0) is 4.79 Å². The van der Waals surface area contributed by atoms with Gasteiger partial charge in [-0.2, -0.15) is 15.6 Å². The molecular weight excluding hydrogens is 144 g/mol. The van der Waals surface area contributed by atoms with E-state index in [2.05, 4.69) is 10.2 Å². The zero-order valence-corrected chi connectivity index (χ0v) is 5.40. The van der Waals surface area contributed by atoms with E-state index in [1.54, 1.807) is 12.1 Å². The fourth-order valence-electron chi connectivity index (χ4n) is 0.621. The fourth-order valence-corrected chi connectivity index (χ4v) is 0.621. The third kappa shape index (κ3) is 1.12. The lowest BCUT2D eigenvalue weighted by Crippen LogP contribution is -1.99. The average Bonchev–Trinajstić information content (AvgIpc) is 2.40. The summed E-state index contributed by atoms with van der Waals surface area (Å²) in [7, 11) is 0. The molecule has 0 aromatic carbocycles. The topological polar surface area (TPSA) is 89.4 Å². The number of nitriles is 2. The van der Waals surface area contributed by atoms with Crippen molar-refractivity contribution in [3.8, 4) is 12.1 Å². The van der Waals surface area contributed by atoms with Crippen molar-refractivity contribution in [3.05, 3.63) is 11.3 Å². The molecule has 5 heteroatoms. The summed E-state index contributed by atoms with van der Waals surface area (Å²) in [5, 5.41) is 23.4. The van der Waals surface area contributed by atoms with Gasteiger partial charge in [0.2, 0.25) is 5.78 Å². The van der Waals surface area contributed by atoms with Crippen LogP contribution in [0.25, 0.3) is 0 Å². The van der Waals surface area contributed by atoms with Crippen molar-refractivity contribution < 1.29 is 4.79 Å². The molecule has 0 amide bonds. The van der Waals surface area contributed by atoms with Crippen LogP contribution >= 0.6 is 0 Å². The van der Waals surface area contributed by atoms with Crippen molar-refractivity contribution in [3.63, 3.8) is 0 Å². The second kappa shape index (κ2) is 2.72. The predicted molar refractivity (Wildman–Crippen MR) is 33.0 cm³/mol. The van der Waals surface area contributed by atoms with E-state index in [9.17, 15) is 4.79 Å². The maximum atomic E-state index is 10.8. The largest absolute Gasteiger partial charge is 0.290 e. The molecule has 0 aliphatic carbocycles. The Hall–Kier alpha value is -2.01. The van der Waals surface area contributed by atoms with Gasteiger partial charge in [0, 0.05) is 0 Å². The van der Waals surface area contributed by atoms with Gasteiger partial charge in [-0.3, -0.25) is 4.79 Å². The van der Waals surface area contributed by atoms with Crippen molar-refractivity contribution in [2.24, 2.45) is 10.2 Å². The number of ketones is 1. The van der Waals surface area contributed by atoms with E-state index in [1.807, 2.05) is 0 Å². The van der Waals surface area contributed by atoms with E-state index in [1.165, 1.54) is 0 Å². The molecule has 0 radical (unpaired) electrons. The highest BCUT2D eigenvalue weighted by Crippen LogP contribution is 2.12. The number of allylic oxidation sites excluding steroid dienone is 1. The number of rotatable bonds is 0. The van der Waals surface area contributed by atoms with Crippen LogP contribution in [-0.4, -0.2) is 12.3 Å². The smallest absolute Gasteiger partial charge is 0.208 e. The van der Waals surface area contributed by atoms with Crippen molar-refractivity contribution in [1.82, 2.24) is 0 Å². The molecule has 0 aromatic rings. The van der Waals surface area contributed by atoms with Crippen LogP contribution in [0.3, 0.4) is 0 Å². The molecule has 0 bridgehead atoms. The van der Waals surface area contributed by atoms with Gasteiger partial charge in [0.25, 0.3) is 0 Å². The normalized spacial score (nSPS) is 14.4. The molecule has 0 saturated heterocycles. The van der Waals surface area contributed by atoms with Gasteiger partial charge < -0.3 is 0 Å². The van der Waals surface area contributed by atoms with Crippen molar-refractivity contribution in [2.45, 2.75) is 0 Å². The lowest BCUT2D eigenvalue weighted by molar-refractivity contribution is -0.113. The molecule has 1 aliphatic heterocycles. The summed E-state index contributed by atoms with van der Waals surface area (Å²) in [6.45, 7) is -0.0534. The van der Waals surface area contributed by atoms with E-state index in [0.717, 1.165) is 0 Å². The molecule has 0 N–H and O–H groups in total. The standard InChI is InChI=1S/C6H2N4O/c7-1-4(2-8)6-5(11)3-9-10-6/h3H2. The molecule has 0 atom stereocenters. The molecular formula is C6H2N4O. The first-order valence-corrected chi connectivity index (χ1v) is 2.74. The average molecular weight is 146 g/mol. The van der Waals surface area contributed by atoms with Crippen molar-refractivity contribution in [2.75, 3.05) is 6.54 Å². The zero-order chi connectivity index (χ0) is 8.27. The SMILES string of the molecule is N#CC(C#N)=C1N=NCC1=O. The summed E-state index contributed by atoms with van der Waals surface area (Å²) in [5.41, 5.74) is -0.383. The Morgan fingerprint density at radius 1 is 1.45 bits per heavy atom. The van der Waals surface area contributed by atoms with E-state index < -0.39 is 0 Å². The van der Waals surface area contributed by atoms with Crippen LogP contribution in [0, 0.1) is 22.7 Å². The predicted octanol–water partition coefficient (Wildman–Crippen LogP) is 0.323. The molecule has 1 aliphatic rings. The molecule has 5 nitrogen and oxygen atoms in total. The van der Waals surface area contributed by atoms with Gasteiger partial charge in [0.1, 0.15) is 18.7 Å². The highest BCUT2D eigenvalue weighted by atomic mass is 16.1. The highest BCUT2D eigenvalue weighted by Gasteiger charge is 2.19. The van der Waals surface area contributed by atoms with Crippen molar-refractivity contribution in [1.29, 1.82) is 10.5 Å². The Balaban J connectivity index is 3.17. The Bertz CT molecular complexity index is 323. The first-order valence-electron chi connectivity index (χ1n) is 2.74. The van der Waals surface area contributed by atoms with Gasteiger partial charge >= 0.3 is 0 Å². The van der Waals surface area contributed by atoms with Crippen LogP contribution in [0.5, 0.6) is 0 Å². The number of carbonyl (C=O) groups excluding carboxylic acids is 1. The summed E-state index contributed by atoms with van der Waals surface area (Å²) >= 11 is 0. The van der Waals surface area contributed by atoms with Gasteiger partial charge in [-0.1, -0.05) is 0 Å². The third-order valence-corrected chi connectivity index (χ3v) is 1.11. The fraction of sp³-hybridized carbons (Fsp3) is 0.167. The van der Waals surface area contributed by atoms with E-state index in [0.29, 0.717) is 0 Å². The first kappa shape index (κ1) is 7.10. The van der Waals surface area contributed by atoms with Crippen LogP contribution < -0.4 is 0 Å². The van der Waals surface area contributed by atoms with E-state index in [-0.39, 0.29) is 23.6 Å². The second-order valence-electron chi connectivity index (χ2n) is 1.77. The van der Waals surface area contributed by atoms with Crippen LogP contribution in [0.15, 0.2) is 21.5 Å². The summed E-state index contributed by atoms with van der Waals surface area (Å²) in [6, 6.07) is 3.14. The molecule has 0 unspecified atom stereocenters. The quantitative estimate of drug-likeness (QED) is 0.364. The van der Waals surface area contributed by atoms with Crippen LogP contribution in [0.4, 0.5) is 0 Å². The molecule has 0 saturated carbocycles. The first-order chi connectivity index (χ1) is 5.29.